The van der Waals surface area contributed by atoms with Crippen LogP contribution in [0.3, 0.4) is 0 Å². The van der Waals surface area contributed by atoms with E-state index in [1.807, 2.05) is 6.20 Å². The zero-order valence-electron chi connectivity index (χ0n) is 8.40. The van der Waals surface area contributed by atoms with Gasteiger partial charge in [-0.2, -0.15) is 5.10 Å². The van der Waals surface area contributed by atoms with Crippen molar-refractivity contribution in [2.75, 3.05) is 13.1 Å². The lowest BCUT2D eigenvalue weighted by atomic mass is 9.97. The first-order chi connectivity index (χ1) is 7.43. The summed E-state index contributed by atoms with van der Waals surface area (Å²) in [5, 5.41) is 10.2. The van der Waals surface area contributed by atoms with Crippen molar-refractivity contribution in [3.05, 3.63) is 18.2 Å². The second-order valence-corrected chi connectivity index (χ2v) is 3.92. The number of aromatic nitrogens is 4. The predicted molar refractivity (Wildman–Crippen MR) is 56.5 cm³/mol. The van der Waals surface area contributed by atoms with Gasteiger partial charge in [-0.25, -0.2) is 9.97 Å². The second-order valence-electron chi connectivity index (χ2n) is 3.92. The largest absolute Gasteiger partial charge is 0.317 e. The van der Waals surface area contributed by atoms with Crippen molar-refractivity contribution in [1.29, 1.82) is 0 Å². The molecule has 0 aromatic carbocycles. The number of hydrogen-bond acceptors (Lipinski definition) is 4. The SMILES string of the molecule is c1n[nH]c2cnc(C3CCNCC3)nc12. The summed E-state index contributed by atoms with van der Waals surface area (Å²) in [6.45, 7) is 2.13. The molecular weight excluding hydrogens is 190 g/mol. The van der Waals surface area contributed by atoms with Crippen molar-refractivity contribution >= 4 is 11.0 Å². The lowest BCUT2D eigenvalue weighted by molar-refractivity contribution is 0.446. The topological polar surface area (TPSA) is 66.5 Å². The summed E-state index contributed by atoms with van der Waals surface area (Å²) in [6.07, 6.45) is 5.83. The average Bonchev–Trinajstić information content (AvgIpc) is 2.77. The quantitative estimate of drug-likeness (QED) is 0.720. The van der Waals surface area contributed by atoms with Gasteiger partial charge < -0.3 is 5.32 Å². The smallest absolute Gasteiger partial charge is 0.132 e. The molecule has 15 heavy (non-hydrogen) atoms. The lowest BCUT2D eigenvalue weighted by Crippen LogP contribution is -2.27. The Morgan fingerprint density at radius 1 is 1.20 bits per heavy atom. The maximum absolute atomic E-state index is 4.53. The third kappa shape index (κ3) is 1.59. The summed E-state index contributed by atoms with van der Waals surface area (Å²) in [6, 6.07) is 0. The van der Waals surface area contributed by atoms with Crippen molar-refractivity contribution in [2.45, 2.75) is 18.8 Å². The van der Waals surface area contributed by atoms with E-state index in [-0.39, 0.29) is 0 Å². The van der Waals surface area contributed by atoms with Crippen molar-refractivity contribution in [2.24, 2.45) is 0 Å². The summed E-state index contributed by atoms with van der Waals surface area (Å²) in [5.74, 6) is 1.47. The van der Waals surface area contributed by atoms with Crippen LogP contribution in [0.25, 0.3) is 11.0 Å². The molecule has 2 aromatic heterocycles. The molecule has 3 rings (SSSR count). The number of fused-ring (bicyclic) bond motifs is 1. The first-order valence-electron chi connectivity index (χ1n) is 5.30. The molecule has 1 aliphatic rings. The molecule has 2 aromatic rings. The molecule has 1 aliphatic heterocycles. The third-order valence-corrected chi connectivity index (χ3v) is 2.91. The Hall–Kier alpha value is -1.49. The number of H-pyrrole nitrogens is 1. The molecule has 0 radical (unpaired) electrons. The first-order valence-corrected chi connectivity index (χ1v) is 5.30. The van der Waals surface area contributed by atoms with Gasteiger partial charge in [0.2, 0.25) is 0 Å². The summed E-state index contributed by atoms with van der Waals surface area (Å²) >= 11 is 0. The van der Waals surface area contributed by atoms with E-state index in [0.29, 0.717) is 5.92 Å². The number of aromatic amines is 1. The van der Waals surface area contributed by atoms with Gasteiger partial charge in [-0.05, 0) is 25.9 Å². The van der Waals surface area contributed by atoms with E-state index in [4.69, 9.17) is 0 Å². The third-order valence-electron chi connectivity index (χ3n) is 2.91. The zero-order chi connectivity index (χ0) is 10.1. The van der Waals surface area contributed by atoms with Crippen LogP contribution in [0.2, 0.25) is 0 Å². The number of piperidine rings is 1. The lowest BCUT2D eigenvalue weighted by Gasteiger charge is -2.20. The highest BCUT2D eigenvalue weighted by Gasteiger charge is 2.18. The Kier molecular flexibility index (Phi) is 2.10. The Balaban J connectivity index is 1.95. The maximum Gasteiger partial charge on any atom is 0.132 e. The Morgan fingerprint density at radius 3 is 2.93 bits per heavy atom. The van der Waals surface area contributed by atoms with Gasteiger partial charge in [0.1, 0.15) is 16.9 Å². The summed E-state index contributed by atoms with van der Waals surface area (Å²) < 4.78 is 0. The first kappa shape index (κ1) is 8.79. The van der Waals surface area contributed by atoms with Crippen LogP contribution in [0, 0.1) is 0 Å². The Labute approximate surface area is 87.3 Å². The zero-order valence-corrected chi connectivity index (χ0v) is 8.40. The number of nitrogens with one attached hydrogen (secondary N) is 2. The fraction of sp³-hybridized carbons (Fsp3) is 0.500. The van der Waals surface area contributed by atoms with E-state index in [9.17, 15) is 0 Å². The van der Waals surface area contributed by atoms with Gasteiger partial charge in [-0.15, -0.1) is 0 Å². The minimum absolute atomic E-state index is 0.505. The monoisotopic (exact) mass is 203 g/mol. The van der Waals surface area contributed by atoms with E-state index in [1.165, 1.54) is 0 Å². The second kappa shape index (κ2) is 3.58. The standard InChI is InChI=1S/C10H13N5/c1-3-11-4-2-7(1)10-12-5-9-8(14-10)6-13-15-9/h5-7,11H,1-4H2,(H,13,15). The van der Waals surface area contributed by atoms with Gasteiger partial charge in [0.25, 0.3) is 0 Å². The number of rotatable bonds is 1. The van der Waals surface area contributed by atoms with Crippen LogP contribution in [0.15, 0.2) is 12.4 Å². The van der Waals surface area contributed by atoms with E-state index in [1.54, 1.807) is 6.20 Å². The van der Waals surface area contributed by atoms with Crippen molar-refractivity contribution in [1.82, 2.24) is 25.5 Å². The van der Waals surface area contributed by atoms with E-state index >= 15 is 0 Å². The van der Waals surface area contributed by atoms with Gasteiger partial charge in [0.15, 0.2) is 0 Å². The van der Waals surface area contributed by atoms with Crippen molar-refractivity contribution in [3.63, 3.8) is 0 Å². The molecule has 0 atom stereocenters. The molecule has 0 aliphatic carbocycles. The molecular formula is C10H13N5. The predicted octanol–water partition coefficient (Wildman–Crippen LogP) is 0.820. The van der Waals surface area contributed by atoms with E-state index in [2.05, 4.69) is 25.5 Å². The molecule has 5 nitrogen and oxygen atoms in total. The molecule has 1 saturated heterocycles. The van der Waals surface area contributed by atoms with Crippen LogP contribution in [0.4, 0.5) is 0 Å². The fourth-order valence-electron chi connectivity index (χ4n) is 2.03. The average molecular weight is 203 g/mol. The molecule has 2 N–H and O–H groups in total. The molecule has 0 saturated carbocycles. The summed E-state index contributed by atoms with van der Waals surface area (Å²) in [4.78, 5) is 8.92. The summed E-state index contributed by atoms with van der Waals surface area (Å²) in [7, 11) is 0. The van der Waals surface area contributed by atoms with Crippen LogP contribution >= 0.6 is 0 Å². The van der Waals surface area contributed by atoms with Crippen molar-refractivity contribution < 1.29 is 0 Å². The molecule has 78 valence electrons. The van der Waals surface area contributed by atoms with Gasteiger partial charge in [-0.3, -0.25) is 5.10 Å². The van der Waals surface area contributed by atoms with E-state index < -0.39 is 0 Å². The summed E-state index contributed by atoms with van der Waals surface area (Å²) in [5.41, 5.74) is 1.83. The van der Waals surface area contributed by atoms with Crippen LogP contribution in [-0.4, -0.2) is 33.3 Å². The molecule has 3 heterocycles. The minimum Gasteiger partial charge on any atom is -0.317 e. The van der Waals surface area contributed by atoms with Crippen LogP contribution in [-0.2, 0) is 0 Å². The van der Waals surface area contributed by atoms with Gasteiger partial charge in [0.05, 0.1) is 12.4 Å². The van der Waals surface area contributed by atoms with Gasteiger partial charge in [0, 0.05) is 5.92 Å². The van der Waals surface area contributed by atoms with Crippen LogP contribution in [0.5, 0.6) is 0 Å². The molecule has 1 fully saturated rings. The highest BCUT2D eigenvalue weighted by atomic mass is 15.1. The van der Waals surface area contributed by atoms with Gasteiger partial charge in [-0.1, -0.05) is 0 Å². The molecule has 0 unspecified atom stereocenters. The molecule has 0 amide bonds. The fourth-order valence-corrected chi connectivity index (χ4v) is 2.03. The van der Waals surface area contributed by atoms with Crippen molar-refractivity contribution in [3.8, 4) is 0 Å². The van der Waals surface area contributed by atoms with Crippen LogP contribution in [0.1, 0.15) is 24.6 Å². The highest BCUT2D eigenvalue weighted by molar-refractivity contribution is 5.71. The van der Waals surface area contributed by atoms with Crippen LogP contribution < -0.4 is 5.32 Å². The Morgan fingerprint density at radius 2 is 2.07 bits per heavy atom. The molecule has 5 heteroatoms. The highest BCUT2D eigenvalue weighted by Crippen LogP contribution is 2.22. The van der Waals surface area contributed by atoms with E-state index in [0.717, 1.165) is 42.8 Å². The maximum atomic E-state index is 4.53. The normalized spacial score (nSPS) is 18.4. The van der Waals surface area contributed by atoms with Gasteiger partial charge >= 0.3 is 0 Å². The Bertz CT molecular complexity index is 458. The number of hydrogen-bond donors (Lipinski definition) is 2. The number of nitrogens with zero attached hydrogens (tertiary/aromatic N) is 3. The minimum atomic E-state index is 0.505. The molecule has 0 spiro atoms. The molecule has 0 bridgehead atoms.